The van der Waals surface area contributed by atoms with Crippen LogP contribution in [0, 0.1) is 0 Å². The number of hydrogen-bond donors (Lipinski definition) is 0. The van der Waals surface area contributed by atoms with Crippen LogP contribution < -0.4 is 0 Å². The molecule has 7 heteroatoms. The van der Waals surface area contributed by atoms with Gasteiger partial charge in [0, 0.05) is 24.3 Å². The van der Waals surface area contributed by atoms with Gasteiger partial charge in [-0.05, 0) is 18.2 Å². The van der Waals surface area contributed by atoms with Crippen LogP contribution in [0.25, 0.3) is 0 Å². The molecular weight excluding hydrogens is 302 g/mol. The second kappa shape index (κ2) is 5.38. The zero-order valence-corrected chi connectivity index (χ0v) is 12.5. The van der Waals surface area contributed by atoms with Crippen molar-refractivity contribution in [3.63, 3.8) is 0 Å². The smallest absolute Gasteiger partial charge is 0.216 e. The van der Waals surface area contributed by atoms with Gasteiger partial charge in [0.25, 0.3) is 0 Å². The van der Waals surface area contributed by atoms with E-state index in [-0.39, 0.29) is 21.2 Å². The van der Waals surface area contributed by atoms with Crippen LogP contribution in [0.5, 0.6) is 0 Å². The summed E-state index contributed by atoms with van der Waals surface area (Å²) in [5, 5.41) is 3.74. The van der Waals surface area contributed by atoms with E-state index in [1.165, 1.54) is 18.2 Å². The molecule has 106 valence electrons. The summed E-state index contributed by atoms with van der Waals surface area (Å²) in [6.45, 7) is 1.88. The van der Waals surface area contributed by atoms with E-state index in [0.29, 0.717) is 12.2 Å². The molecule has 0 fully saturated rings. The van der Waals surface area contributed by atoms with E-state index in [1.807, 2.05) is 6.92 Å². The third-order valence-electron chi connectivity index (χ3n) is 2.75. The lowest BCUT2D eigenvalue weighted by atomic mass is 10.1. The number of halogens is 1. The third kappa shape index (κ3) is 2.91. The summed E-state index contributed by atoms with van der Waals surface area (Å²) in [4.78, 5) is 12.3. The number of ketones is 1. The van der Waals surface area contributed by atoms with Gasteiger partial charge >= 0.3 is 0 Å². The second-order valence-electron chi connectivity index (χ2n) is 4.27. The van der Waals surface area contributed by atoms with Gasteiger partial charge in [-0.15, -0.1) is 0 Å². The van der Waals surface area contributed by atoms with Crippen molar-refractivity contribution in [1.29, 1.82) is 0 Å². The molecular formula is C13H12ClNO4S. The number of carbonyl (C=O) groups is 1. The van der Waals surface area contributed by atoms with Crippen LogP contribution in [0.1, 0.15) is 28.7 Å². The summed E-state index contributed by atoms with van der Waals surface area (Å²) in [5.41, 5.74) is 0.339. The van der Waals surface area contributed by atoms with Gasteiger partial charge in [0.15, 0.2) is 15.5 Å². The quantitative estimate of drug-likeness (QED) is 0.811. The van der Waals surface area contributed by atoms with E-state index in [4.69, 9.17) is 16.1 Å². The van der Waals surface area contributed by atoms with Crippen molar-refractivity contribution < 1.29 is 17.7 Å². The molecule has 0 bridgehead atoms. The third-order valence-corrected chi connectivity index (χ3v) is 4.18. The summed E-state index contributed by atoms with van der Waals surface area (Å²) < 4.78 is 27.8. The van der Waals surface area contributed by atoms with Crippen molar-refractivity contribution in [1.82, 2.24) is 5.16 Å². The van der Waals surface area contributed by atoms with Gasteiger partial charge in [-0.25, -0.2) is 8.42 Å². The van der Waals surface area contributed by atoms with Crippen molar-refractivity contribution >= 4 is 27.2 Å². The molecule has 0 aliphatic heterocycles. The normalized spacial score (nSPS) is 11.6. The Morgan fingerprint density at radius 2 is 2.05 bits per heavy atom. The highest BCUT2D eigenvalue weighted by Gasteiger charge is 2.19. The van der Waals surface area contributed by atoms with Gasteiger partial charge in [0.1, 0.15) is 5.76 Å². The van der Waals surface area contributed by atoms with Crippen LogP contribution in [0.2, 0.25) is 5.02 Å². The summed E-state index contributed by atoms with van der Waals surface area (Å²) in [6.07, 6.45) is 1.70. The van der Waals surface area contributed by atoms with Crippen molar-refractivity contribution in [2.45, 2.75) is 18.2 Å². The molecule has 1 aromatic carbocycles. The Morgan fingerprint density at radius 1 is 1.35 bits per heavy atom. The molecule has 0 aliphatic carbocycles. The van der Waals surface area contributed by atoms with Crippen LogP contribution >= 0.6 is 11.6 Å². The molecule has 0 saturated carbocycles. The van der Waals surface area contributed by atoms with Crippen molar-refractivity contribution in [3.05, 3.63) is 46.3 Å². The predicted molar refractivity (Wildman–Crippen MR) is 73.9 cm³/mol. The lowest BCUT2D eigenvalue weighted by Crippen LogP contribution is -2.04. The molecule has 0 spiro atoms. The maximum atomic E-state index is 12.2. The van der Waals surface area contributed by atoms with Crippen molar-refractivity contribution in [2.24, 2.45) is 0 Å². The molecule has 0 N–H and O–H groups in total. The monoisotopic (exact) mass is 313 g/mol. The van der Waals surface area contributed by atoms with Crippen molar-refractivity contribution in [3.8, 4) is 0 Å². The molecule has 0 aliphatic rings. The largest absolute Gasteiger partial charge is 0.361 e. The highest BCUT2D eigenvalue weighted by molar-refractivity contribution is 7.90. The van der Waals surface area contributed by atoms with E-state index in [9.17, 15) is 13.2 Å². The molecule has 1 aromatic heterocycles. The Labute approximate surface area is 121 Å². The number of rotatable bonds is 4. The number of carbonyl (C=O) groups excluding carboxylic acids is 1. The van der Waals surface area contributed by atoms with Crippen LogP contribution in [0.15, 0.2) is 33.7 Å². The predicted octanol–water partition coefficient (Wildman–Crippen LogP) is 2.52. The van der Waals surface area contributed by atoms with Crippen LogP contribution in [-0.2, 0) is 16.3 Å². The lowest BCUT2D eigenvalue weighted by Gasteiger charge is -2.03. The minimum atomic E-state index is -3.36. The maximum absolute atomic E-state index is 12.2. The SMILES string of the molecule is CCc1cc(C(=O)c2ccc(S(C)(=O)=O)cc2Cl)no1. The number of aromatic nitrogens is 1. The summed E-state index contributed by atoms with van der Waals surface area (Å²) in [6, 6.07) is 5.52. The standard InChI is InChI=1S/C13H12ClNO4S/c1-3-8-6-12(15-19-8)13(16)10-5-4-9(7-11(10)14)20(2,17)18/h4-7H,3H2,1-2H3. The summed E-state index contributed by atoms with van der Waals surface area (Å²) in [5.74, 6) is 0.190. The first-order valence-corrected chi connectivity index (χ1v) is 8.09. The highest BCUT2D eigenvalue weighted by atomic mass is 35.5. The Kier molecular flexibility index (Phi) is 3.96. The van der Waals surface area contributed by atoms with Gasteiger partial charge in [0.2, 0.25) is 5.78 Å². The highest BCUT2D eigenvalue weighted by Crippen LogP contribution is 2.23. The van der Waals surface area contributed by atoms with Gasteiger partial charge in [0.05, 0.1) is 9.92 Å². The van der Waals surface area contributed by atoms with E-state index in [2.05, 4.69) is 5.16 Å². The molecule has 0 radical (unpaired) electrons. The topological polar surface area (TPSA) is 77.2 Å². The van der Waals surface area contributed by atoms with Gasteiger partial charge < -0.3 is 4.52 Å². The molecule has 0 atom stereocenters. The minimum absolute atomic E-state index is 0.0634. The van der Waals surface area contributed by atoms with Crippen LogP contribution in [-0.4, -0.2) is 25.6 Å². The number of benzene rings is 1. The number of hydrogen-bond acceptors (Lipinski definition) is 5. The Hall–Kier alpha value is -1.66. The number of sulfone groups is 1. The summed E-state index contributed by atoms with van der Waals surface area (Å²) >= 11 is 5.98. The fourth-order valence-corrected chi connectivity index (χ4v) is 2.61. The second-order valence-corrected chi connectivity index (χ2v) is 6.70. The molecule has 5 nitrogen and oxygen atoms in total. The molecule has 20 heavy (non-hydrogen) atoms. The molecule has 0 amide bonds. The first-order valence-electron chi connectivity index (χ1n) is 5.83. The molecule has 2 rings (SSSR count). The van der Waals surface area contributed by atoms with Gasteiger partial charge in [-0.3, -0.25) is 4.79 Å². The first-order chi connectivity index (χ1) is 9.32. The number of aryl methyl sites for hydroxylation is 1. The fourth-order valence-electron chi connectivity index (χ4n) is 1.64. The zero-order valence-electron chi connectivity index (χ0n) is 10.9. The summed E-state index contributed by atoms with van der Waals surface area (Å²) in [7, 11) is -3.36. The molecule has 0 saturated heterocycles. The van der Waals surface area contributed by atoms with Crippen molar-refractivity contribution in [2.75, 3.05) is 6.26 Å². The Bertz CT molecular complexity index is 764. The Balaban J connectivity index is 2.41. The van der Waals surface area contributed by atoms with Gasteiger partial charge in [-0.1, -0.05) is 23.7 Å². The zero-order chi connectivity index (χ0) is 14.9. The molecule has 1 heterocycles. The number of nitrogens with zero attached hydrogens (tertiary/aromatic N) is 1. The van der Waals surface area contributed by atoms with E-state index in [1.54, 1.807) is 6.07 Å². The molecule has 2 aromatic rings. The lowest BCUT2D eigenvalue weighted by molar-refractivity contribution is 0.103. The average Bonchev–Trinajstić information content (AvgIpc) is 2.85. The van der Waals surface area contributed by atoms with E-state index >= 15 is 0 Å². The van der Waals surface area contributed by atoms with Crippen LogP contribution in [0.4, 0.5) is 0 Å². The van der Waals surface area contributed by atoms with Gasteiger partial charge in [-0.2, -0.15) is 0 Å². The fraction of sp³-hybridized carbons (Fsp3) is 0.231. The maximum Gasteiger partial charge on any atom is 0.216 e. The minimum Gasteiger partial charge on any atom is -0.361 e. The Morgan fingerprint density at radius 3 is 2.55 bits per heavy atom. The first kappa shape index (κ1) is 14.7. The average molecular weight is 314 g/mol. The van der Waals surface area contributed by atoms with E-state index in [0.717, 1.165) is 6.26 Å². The van der Waals surface area contributed by atoms with Crippen LogP contribution in [0.3, 0.4) is 0 Å². The molecule has 0 unspecified atom stereocenters. The van der Waals surface area contributed by atoms with E-state index < -0.39 is 15.6 Å².